The highest BCUT2D eigenvalue weighted by molar-refractivity contribution is 5.93. The monoisotopic (exact) mass is 318 g/mol. The van der Waals surface area contributed by atoms with Crippen molar-refractivity contribution in [3.05, 3.63) is 23.7 Å². The van der Waals surface area contributed by atoms with E-state index in [1.165, 1.54) is 7.11 Å². The van der Waals surface area contributed by atoms with Gasteiger partial charge in [0.25, 0.3) is 5.91 Å². The minimum atomic E-state index is -0.0719. The van der Waals surface area contributed by atoms with Gasteiger partial charge in [-0.15, -0.1) is 10.2 Å². The molecule has 8 heteroatoms. The van der Waals surface area contributed by atoms with Gasteiger partial charge in [0.15, 0.2) is 0 Å². The average Bonchev–Trinajstić information content (AvgIpc) is 3.16. The predicted molar refractivity (Wildman–Crippen MR) is 83.4 cm³/mol. The normalized spacial score (nSPS) is 15.0. The number of H-pyrrole nitrogens is 1. The molecule has 8 nitrogen and oxygen atoms in total. The molecular weight excluding hydrogens is 296 g/mol. The van der Waals surface area contributed by atoms with E-state index in [0.29, 0.717) is 30.6 Å². The molecular formula is C15H22N6O2. The van der Waals surface area contributed by atoms with Crippen molar-refractivity contribution in [3.63, 3.8) is 0 Å². The van der Waals surface area contributed by atoms with Crippen LogP contribution in [0.2, 0.25) is 0 Å². The average molecular weight is 318 g/mol. The van der Waals surface area contributed by atoms with Crippen molar-refractivity contribution < 1.29 is 9.53 Å². The van der Waals surface area contributed by atoms with Gasteiger partial charge in [-0.3, -0.25) is 9.89 Å². The Morgan fingerprint density at radius 3 is 2.78 bits per heavy atom. The zero-order chi connectivity index (χ0) is 16.4. The fourth-order valence-corrected chi connectivity index (χ4v) is 2.84. The molecule has 3 heterocycles. The van der Waals surface area contributed by atoms with Gasteiger partial charge in [0.2, 0.25) is 5.88 Å². The van der Waals surface area contributed by atoms with Crippen LogP contribution in [-0.2, 0) is 0 Å². The lowest BCUT2D eigenvalue weighted by Gasteiger charge is -2.38. The van der Waals surface area contributed by atoms with Gasteiger partial charge in [-0.1, -0.05) is 19.1 Å². The van der Waals surface area contributed by atoms with Crippen LogP contribution in [0.4, 0.5) is 0 Å². The summed E-state index contributed by atoms with van der Waals surface area (Å²) in [7, 11) is 1.52. The molecule has 0 aromatic carbocycles. The van der Waals surface area contributed by atoms with Gasteiger partial charge in [0.05, 0.1) is 18.8 Å². The second-order valence-corrected chi connectivity index (χ2v) is 5.82. The zero-order valence-corrected chi connectivity index (χ0v) is 13.7. The fourth-order valence-electron chi connectivity index (χ4n) is 2.84. The van der Waals surface area contributed by atoms with Crippen molar-refractivity contribution in [2.45, 2.75) is 38.6 Å². The van der Waals surface area contributed by atoms with E-state index in [9.17, 15) is 4.79 Å². The molecule has 124 valence electrons. The van der Waals surface area contributed by atoms with Gasteiger partial charge in [0.1, 0.15) is 5.69 Å². The van der Waals surface area contributed by atoms with Crippen LogP contribution in [-0.4, -0.2) is 56.2 Å². The Balaban J connectivity index is 1.59. The second-order valence-electron chi connectivity index (χ2n) is 5.82. The van der Waals surface area contributed by atoms with Crippen LogP contribution in [0, 0.1) is 0 Å². The number of nitrogens with one attached hydrogen (secondary N) is 1. The van der Waals surface area contributed by atoms with Gasteiger partial charge in [-0.05, 0) is 12.8 Å². The van der Waals surface area contributed by atoms with Gasteiger partial charge in [0, 0.05) is 31.3 Å². The Hall–Kier alpha value is -2.38. The molecule has 0 spiro atoms. The zero-order valence-electron chi connectivity index (χ0n) is 13.7. The van der Waals surface area contributed by atoms with Crippen LogP contribution < -0.4 is 4.74 Å². The molecule has 1 amide bonds. The van der Waals surface area contributed by atoms with Crippen LogP contribution in [0.5, 0.6) is 5.88 Å². The Morgan fingerprint density at radius 2 is 2.17 bits per heavy atom. The molecule has 0 unspecified atom stereocenters. The summed E-state index contributed by atoms with van der Waals surface area (Å²) in [6.07, 6.45) is 4.14. The maximum atomic E-state index is 12.3. The molecule has 2 aromatic heterocycles. The highest BCUT2D eigenvalue weighted by Crippen LogP contribution is 2.25. The largest absolute Gasteiger partial charge is 0.480 e. The summed E-state index contributed by atoms with van der Waals surface area (Å²) in [5.41, 5.74) is 1.48. The first kappa shape index (κ1) is 15.5. The molecule has 23 heavy (non-hydrogen) atoms. The lowest BCUT2D eigenvalue weighted by atomic mass is 10.0. The quantitative estimate of drug-likeness (QED) is 0.874. The molecule has 1 fully saturated rings. The summed E-state index contributed by atoms with van der Waals surface area (Å²) >= 11 is 0. The molecule has 1 aliphatic heterocycles. The smallest absolute Gasteiger partial charge is 0.272 e. The number of likely N-dealkylation sites (tertiary alicyclic amines) is 1. The third kappa shape index (κ3) is 2.93. The number of aromatic nitrogens is 5. The Morgan fingerprint density at radius 1 is 1.43 bits per heavy atom. The third-order valence-corrected chi connectivity index (χ3v) is 4.45. The van der Waals surface area contributed by atoms with Crippen molar-refractivity contribution in [2.24, 2.45) is 0 Å². The minimum Gasteiger partial charge on any atom is -0.480 e. The van der Waals surface area contributed by atoms with E-state index in [0.717, 1.165) is 18.5 Å². The second kappa shape index (κ2) is 6.39. The van der Waals surface area contributed by atoms with E-state index in [1.807, 2.05) is 10.9 Å². The van der Waals surface area contributed by atoms with Gasteiger partial charge >= 0.3 is 0 Å². The third-order valence-electron chi connectivity index (χ3n) is 4.45. The van der Waals surface area contributed by atoms with Gasteiger partial charge in [-0.25, -0.2) is 4.68 Å². The molecule has 0 bridgehead atoms. The SMILES string of the molecule is CCC(CC)c1cn(C2CN(C(=O)c3cc(OC)n[nH]3)C2)nn1. The lowest BCUT2D eigenvalue weighted by molar-refractivity contribution is 0.0492. The first-order valence-corrected chi connectivity index (χ1v) is 7.96. The number of hydrogen-bond acceptors (Lipinski definition) is 5. The number of methoxy groups -OCH3 is 1. The highest BCUT2D eigenvalue weighted by atomic mass is 16.5. The number of nitrogens with zero attached hydrogens (tertiary/aromatic N) is 5. The van der Waals surface area contributed by atoms with E-state index in [4.69, 9.17) is 4.74 Å². The number of hydrogen-bond donors (Lipinski definition) is 1. The Labute approximate surface area is 134 Å². The van der Waals surface area contributed by atoms with Crippen molar-refractivity contribution in [2.75, 3.05) is 20.2 Å². The maximum absolute atomic E-state index is 12.3. The number of amides is 1. The highest BCUT2D eigenvalue weighted by Gasteiger charge is 2.34. The van der Waals surface area contributed by atoms with Crippen LogP contribution in [0.25, 0.3) is 0 Å². The molecule has 0 radical (unpaired) electrons. The summed E-state index contributed by atoms with van der Waals surface area (Å²) in [6.45, 7) is 5.59. The predicted octanol–water partition coefficient (Wildman–Crippen LogP) is 1.61. The Kier molecular flexibility index (Phi) is 4.31. The molecule has 1 aliphatic rings. The van der Waals surface area contributed by atoms with E-state index >= 15 is 0 Å². The van der Waals surface area contributed by atoms with Gasteiger partial charge < -0.3 is 9.64 Å². The van der Waals surface area contributed by atoms with Crippen molar-refractivity contribution in [1.82, 2.24) is 30.1 Å². The molecule has 0 saturated carbocycles. The molecule has 2 aromatic rings. The molecule has 0 atom stereocenters. The maximum Gasteiger partial charge on any atom is 0.272 e. The topological polar surface area (TPSA) is 88.9 Å². The fraction of sp³-hybridized carbons (Fsp3) is 0.600. The van der Waals surface area contributed by atoms with Crippen molar-refractivity contribution >= 4 is 5.91 Å². The van der Waals surface area contributed by atoms with Crippen LogP contribution in [0.3, 0.4) is 0 Å². The summed E-state index contributed by atoms with van der Waals surface area (Å²) in [4.78, 5) is 14.1. The van der Waals surface area contributed by atoms with E-state index < -0.39 is 0 Å². The Bertz CT molecular complexity index is 669. The van der Waals surface area contributed by atoms with Gasteiger partial charge in [-0.2, -0.15) is 0 Å². The molecule has 1 saturated heterocycles. The number of carbonyl (C=O) groups is 1. The molecule has 1 N–H and O–H groups in total. The number of ether oxygens (including phenoxy) is 1. The lowest BCUT2D eigenvalue weighted by Crippen LogP contribution is -2.51. The number of rotatable bonds is 6. The summed E-state index contributed by atoms with van der Waals surface area (Å²) < 4.78 is 6.86. The van der Waals surface area contributed by atoms with E-state index in [1.54, 1.807) is 11.0 Å². The number of carbonyl (C=O) groups excluding carboxylic acids is 1. The molecule has 3 rings (SSSR count). The van der Waals surface area contributed by atoms with E-state index in [-0.39, 0.29) is 11.9 Å². The van der Waals surface area contributed by atoms with Crippen molar-refractivity contribution in [3.8, 4) is 5.88 Å². The summed E-state index contributed by atoms with van der Waals surface area (Å²) in [5.74, 6) is 0.799. The first-order valence-electron chi connectivity index (χ1n) is 7.96. The number of aromatic amines is 1. The van der Waals surface area contributed by atoms with E-state index in [2.05, 4.69) is 34.4 Å². The standard InChI is InChI=1S/C15H22N6O2/c1-4-10(5-2)13-9-21(19-17-13)11-7-20(8-11)15(22)12-6-14(23-3)18-16-12/h6,9-11H,4-5,7-8H2,1-3H3,(H,16,18). The summed E-state index contributed by atoms with van der Waals surface area (Å²) in [6, 6.07) is 1.80. The first-order chi connectivity index (χ1) is 11.2. The summed E-state index contributed by atoms with van der Waals surface area (Å²) in [5, 5.41) is 15.1. The minimum absolute atomic E-state index is 0.0719. The van der Waals surface area contributed by atoms with Crippen LogP contribution in [0.15, 0.2) is 12.3 Å². The molecule has 0 aliphatic carbocycles. The van der Waals surface area contributed by atoms with Crippen LogP contribution in [0.1, 0.15) is 54.8 Å². The van der Waals surface area contributed by atoms with Crippen LogP contribution >= 0.6 is 0 Å². The van der Waals surface area contributed by atoms with Crippen molar-refractivity contribution in [1.29, 1.82) is 0 Å².